The van der Waals surface area contributed by atoms with Gasteiger partial charge in [0.15, 0.2) is 0 Å². The Labute approximate surface area is 247 Å². The first-order chi connectivity index (χ1) is 20.6. The molecular formula is C35H41N5O2. The molecule has 2 N–H and O–H groups in total. The third kappa shape index (κ3) is 4.62. The normalized spacial score (nSPS) is 31.5. The van der Waals surface area contributed by atoms with Crippen molar-refractivity contribution in [1.29, 1.82) is 0 Å². The third-order valence-corrected chi connectivity index (χ3v) is 11.1. The van der Waals surface area contributed by atoms with Crippen LogP contribution in [0.15, 0.2) is 60.8 Å². The fraction of sp³-hybridized carbons (Fsp3) is 0.514. The summed E-state index contributed by atoms with van der Waals surface area (Å²) in [6.45, 7) is 0. The lowest BCUT2D eigenvalue weighted by Crippen LogP contribution is -2.64. The van der Waals surface area contributed by atoms with E-state index in [4.69, 9.17) is 4.74 Å². The SMILES string of the molecule is CN1C2CCC3CC(OC4C=CC(c5n[nH]c6ccc(C(=O)NC(c7ccccn7)C7CCCC7)cc56)=CC4)CC1C32. The van der Waals surface area contributed by atoms with Crippen LogP contribution in [-0.2, 0) is 4.74 Å². The summed E-state index contributed by atoms with van der Waals surface area (Å²) in [5, 5.41) is 12.1. The topological polar surface area (TPSA) is 83.1 Å². The molecule has 1 aliphatic heterocycles. The Bertz CT molecular complexity index is 1520. The van der Waals surface area contributed by atoms with Gasteiger partial charge in [0.1, 0.15) is 0 Å². The molecule has 218 valence electrons. The number of nitrogens with one attached hydrogen (secondary N) is 2. The molecule has 5 aliphatic rings. The van der Waals surface area contributed by atoms with E-state index in [2.05, 4.69) is 50.7 Å². The maximum Gasteiger partial charge on any atom is 0.251 e. The summed E-state index contributed by atoms with van der Waals surface area (Å²) in [6.07, 6.45) is 19.5. The van der Waals surface area contributed by atoms with Gasteiger partial charge in [-0.1, -0.05) is 37.1 Å². The monoisotopic (exact) mass is 563 g/mol. The van der Waals surface area contributed by atoms with Crippen LogP contribution in [0.3, 0.4) is 0 Å². The van der Waals surface area contributed by atoms with Crippen LogP contribution in [0.5, 0.6) is 0 Å². The number of rotatable bonds is 7. The Morgan fingerprint density at radius 2 is 2.00 bits per heavy atom. The Morgan fingerprint density at radius 3 is 2.81 bits per heavy atom. The first-order valence-electron chi connectivity index (χ1n) is 16.1. The van der Waals surface area contributed by atoms with E-state index >= 15 is 0 Å². The molecule has 3 aromatic rings. The van der Waals surface area contributed by atoms with E-state index in [1.165, 1.54) is 38.5 Å². The van der Waals surface area contributed by atoms with E-state index < -0.39 is 0 Å². The van der Waals surface area contributed by atoms with Crippen LogP contribution in [-0.4, -0.2) is 57.3 Å². The van der Waals surface area contributed by atoms with Crippen LogP contribution < -0.4 is 5.32 Å². The number of H-pyrrole nitrogens is 1. The fourth-order valence-electron chi connectivity index (χ4n) is 8.97. The van der Waals surface area contributed by atoms with E-state index in [0.717, 1.165) is 71.0 Å². The quantitative estimate of drug-likeness (QED) is 0.357. The van der Waals surface area contributed by atoms with E-state index in [1.807, 2.05) is 42.6 Å². The average molecular weight is 564 g/mol. The molecular weight excluding hydrogens is 522 g/mol. The second kappa shape index (κ2) is 10.8. The molecule has 0 spiro atoms. The van der Waals surface area contributed by atoms with Crippen LogP contribution in [0.1, 0.15) is 85.6 Å². The molecule has 2 aromatic heterocycles. The van der Waals surface area contributed by atoms with Crippen molar-refractivity contribution in [3.8, 4) is 0 Å². The van der Waals surface area contributed by atoms with Gasteiger partial charge in [0, 0.05) is 29.2 Å². The van der Waals surface area contributed by atoms with Crippen molar-refractivity contribution in [2.45, 2.75) is 88.1 Å². The number of aromatic nitrogens is 3. The summed E-state index contributed by atoms with van der Waals surface area (Å²) in [5.41, 5.74) is 4.49. The second-order valence-corrected chi connectivity index (χ2v) is 13.3. The number of aromatic amines is 1. The van der Waals surface area contributed by atoms with Crippen LogP contribution in [0.25, 0.3) is 16.5 Å². The highest BCUT2D eigenvalue weighted by molar-refractivity contribution is 6.01. The zero-order valence-electron chi connectivity index (χ0n) is 24.4. The standard InChI is InChI=1S/C35H41N5O2/c1-40-30-16-12-23-18-26(20-31(40)32(23)30)42-25-13-9-22(10-14-25)33-27-19-24(11-15-28(27)38-39-33)35(41)37-34(21-6-2-3-7-21)29-8-4-5-17-36-29/h4-5,8-11,13,15,17,19,21,23,25-26,30-32,34H,2-3,6-7,12,14,16,18,20H2,1H3,(H,37,41)(H,38,39). The molecule has 4 fully saturated rings. The molecule has 7 heteroatoms. The lowest BCUT2D eigenvalue weighted by atomic mass is 9.69. The van der Waals surface area contributed by atoms with Crippen LogP contribution in [0.4, 0.5) is 0 Å². The highest BCUT2D eigenvalue weighted by atomic mass is 16.5. The molecule has 4 aliphatic carbocycles. The number of pyridine rings is 1. The number of carbonyl (C=O) groups is 1. The van der Waals surface area contributed by atoms with Gasteiger partial charge >= 0.3 is 0 Å². The molecule has 8 rings (SSSR count). The highest BCUT2D eigenvalue weighted by Gasteiger charge is 2.56. The summed E-state index contributed by atoms with van der Waals surface area (Å²) in [7, 11) is 2.31. The number of ether oxygens (including phenoxy) is 1. The number of allylic oxidation sites excluding steroid dienone is 2. The summed E-state index contributed by atoms with van der Waals surface area (Å²) in [5.74, 6) is 2.14. The van der Waals surface area contributed by atoms with Gasteiger partial charge in [0.25, 0.3) is 5.91 Å². The van der Waals surface area contributed by atoms with E-state index in [-0.39, 0.29) is 18.1 Å². The molecule has 42 heavy (non-hydrogen) atoms. The maximum absolute atomic E-state index is 13.6. The van der Waals surface area contributed by atoms with E-state index in [1.54, 1.807) is 0 Å². The smallest absolute Gasteiger partial charge is 0.251 e. The van der Waals surface area contributed by atoms with Gasteiger partial charge < -0.3 is 10.1 Å². The highest BCUT2D eigenvalue weighted by Crippen LogP contribution is 2.53. The Morgan fingerprint density at radius 1 is 1.10 bits per heavy atom. The third-order valence-electron chi connectivity index (χ3n) is 11.1. The summed E-state index contributed by atoms with van der Waals surface area (Å²) in [4.78, 5) is 20.8. The van der Waals surface area contributed by atoms with Crippen molar-refractivity contribution >= 4 is 22.4 Å². The largest absolute Gasteiger partial charge is 0.371 e. The Hall–Kier alpha value is -3.29. The minimum atomic E-state index is -0.0727. The molecule has 3 saturated carbocycles. The van der Waals surface area contributed by atoms with Gasteiger partial charge in [-0.15, -0.1) is 0 Å². The number of nitrogens with zero attached hydrogens (tertiary/aromatic N) is 3. The van der Waals surface area contributed by atoms with Crippen molar-refractivity contribution in [3.05, 3.63) is 77.8 Å². The summed E-state index contributed by atoms with van der Waals surface area (Å²) < 4.78 is 6.66. The number of fused-ring (bicyclic) bond motifs is 1. The zero-order chi connectivity index (χ0) is 28.2. The van der Waals surface area contributed by atoms with Gasteiger partial charge in [-0.3, -0.25) is 19.8 Å². The number of likely N-dealkylation sites (tertiary alicyclic amines) is 1. The van der Waals surface area contributed by atoms with Gasteiger partial charge in [0.05, 0.1) is 35.2 Å². The minimum absolute atomic E-state index is 0.0614. The molecule has 7 nitrogen and oxygen atoms in total. The lowest BCUT2D eigenvalue weighted by molar-refractivity contribution is -0.118. The fourth-order valence-corrected chi connectivity index (χ4v) is 8.97. The van der Waals surface area contributed by atoms with E-state index in [9.17, 15) is 4.79 Å². The number of amides is 1. The van der Waals surface area contributed by atoms with Crippen molar-refractivity contribution < 1.29 is 9.53 Å². The Balaban J connectivity index is 0.960. The molecule has 1 saturated heterocycles. The molecule has 7 unspecified atom stereocenters. The van der Waals surface area contributed by atoms with Crippen LogP contribution in [0, 0.1) is 17.8 Å². The summed E-state index contributed by atoms with van der Waals surface area (Å²) >= 11 is 0. The van der Waals surface area contributed by atoms with Crippen molar-refractivity contribution in [3.63, 3.8) is 0 Å². The molecule has 0 radical (unpaired) electrons. The predicted octanol–water partition coefficient (Wildman–Crippen LogP) is 6.22. The van der Waals surface area contributed by atoms with Crippen molar-refractivity contribution in [2.75, 3.05) is 7.05 Å². The molecule has 3 heterocycles. The zero-order valence-corrected chi connectivity index (χ0v) is 24.4. The predicted molar refractivity (Wildman–Crippen MR) is 164 cm³/mol. The molecule has 7 atom stereocenters. The first-order valence-corrected chi connectivity index (χ1v) is 16.1. The number of hydrogen-bond donors (Lipinski definition) is 2. The number of carbonyl (C=O) groups excluding carboxylic acids is 1. The molecule has 1 aromatic carbocycles. The van der Waals surface area contributed by atoms with Gasteiger partial charge in [-0.05, 0) is 106 Å². The average Bonchev–Trinajstić information content (AvgIpc) is 3.79. The van der Waals surface area contributed by atoms with Crippen LogP contribution in [0.2, 0.25) is 0 Å². The van der Waals surface area contributed by atoms with Gasteiger partial charge in [0.2, 0.25) is 0 Å². The van der Waals surface area contributed by atoms with E-state index in [0.29, 0.717) is 17.6 Å². The Kier molecular flexibility index (Phi) is 6.75. The van der Waals surface area contributed by atoms with Crippen LogP contribution >= 0.6 is 0 Å². The van der Waals surface area contributed by atoms with Crippen molar-refractivity contribution in [2.24, 2.45) is 17.8 Å². The van der Waals surface area contributed by atoms with Gasteiger partial charge in [-0.2, -0.15) is 5.10 Å². The lowest BCUT2D eigenvalue weighted by Gasteiger charge is -2.56. The minimum Gasteiger partial charge on any atom is -0.371 e. The number of benzene rings is 1. The number of hydrogen-bond acceptors (Lipinski definition) is 5. The second-order valence-electron chi connectivity index (χ2n) is 13.3. The van der Waals surface area contributed by atoms with Crippen molar-refractivity contribution in [1.82, 2.24) is 25.4 Å². The molecule has 1 amide bonds. The van der Waals surface area contributed by atoms with Gasteiger partial charge in [-0.25, -0.2) is 0 Å². The maximum atomic E-state index is 13.6. The molecule has 0 bridgehead atoms. The first kappa shape index (κ1) is 26.3. The summed E-state index contributed by atoms with van der Waals surface area (Å²) in [6, 6.07) is 13.3.